The van der Waals surface area contributed by atoms with Gasteiger partial charge in [-0.3, -0.25) is 0 Å². The first-order chi connectivity index (χ1) is 15.5. The smallest absolute Gasteiger partial charge is 0.317 e. The standard InChI is InChI=1S/C23H27ClN6O2/c1-3-32-22-14-19(8-9-21(22)30-16-26-17(2)27-30)28-10-12-29(13-11-28)23(31)25-15-18-6-4-5-7-20(18)24/h4-9,14,16H,3,10-13,15H2,1-2H3,(H,25,31). The molecule has 2 aromatic carbocycles. The number of hydrogen-bond acceptors (Lipinski definition) is 5. The molecule has 0 spiro atoms. The van der Waals surface area contributed by atoms with E-state index in [4.69, 9.17) is 16.3 Å². The molecule has 4 rings (SSSR count). The fraction of sp³-hybridized carbons (Fsp3) is 0.348. The van der Waals surface area contributed by atoms with Gasteiger partial charge in [0.05, 0.1) is 6.61 Å². The van der Waals surface area contributed by atoms with Crippen LogP contribution < -0.4 is 15.0 Å². The van der Waals surface area contributed by atoms with Crippen LogP contribution in [0.5, 0.6) is 5.75 Å². The van der Waals surface area contributed by atoms with Gasteiger partial charge in [-0.05, 0) is 37.6 Å². The number of piperazine rings is 1. The second-order valence-electron chi connectivity index (χ2n) is 7.55. The molecule has 32 heavy (non-hydrogen) atoms. The van der Waals surface area contributed by atoms with Gasteiger partial charge in [-0.2, -0.15) is 5.10 Å². The molecule has 0 radical (unpaired) electrons. The Hall–Kier alpha value is -3.26. The normalized spacial score (nSPS) is 13.8. The second kappa shape index (κ2) is 9.91. The minimum absolute atomic E-state index is 0.0727. The van der Waals surface area contributed by atoms with E-state index >= 15 is 0 Å². The summed E-state index contributed by atoms with van der Waals surface area (Å²) in [5.41, 5.74) is 2.83. The number of nitrogens with one attached hydrogen (secondary N) is 1. The molecule has 1 aromatic heterocycles. The summed E-state index contributed by atoms with van der Waals surface area (Å²) in [6, 6.07) is 13.6. The maximum Gasteiger partial charge on any atom is 0.317 e. The van der Waals surface area contributed by atoms with E-state index in [1.54, 1.807) is 11.0 Å². The third-order valence-electron chi connectivity index (χ3n) is 5.42. The average Bonchev–Trinajstić information content (AvgIpc) is 3.24. The molecular formula is C23H27ClN6O2. The molecule has 1 N–H and O–H groups in total. The predicted octanol–water partition coefficient (Wildman–Crippen LogP) is 3.66. The molecule has 2 heterocycles. The number of aryl methyl sites for hydroxylation is 1. The third kappa shape index (κ3) is 4.96. The maximum absolute atomic E-state index is 12.6. The lowest BCUT2D eigenvalue weighted by Gasteiger charge is -2.36. The van der Waals surface area contributed by atoms with Gasteiger partial charge in [0.15, 0.2) is 0 Å². The third-order valence-corrected chi connectivity index (χ3v) is 5.79. The summed E-state index contributed by atoms with van der Waals surface area (Å²) >= 11 is 6.18. The van der Waals surface area contributed by atoms with Crippen molar-refractivity contribution in [1.82, 2.24) is 25.0 Å². The zero-order valence-corrected chi connectivity index (χ0v) is 19.0. The van der Waals surface area contributed by atoms with Crippen molar-refractivity contribution in [3.05, 3.63) is 65.2 Å². The lowest BCUT2D eigenvalue weighted by atomic mass is 10.2. The van der Waals surface area contributed by atoms with E-state index in [2.05, 4.69) is 26.4 Å². The van der Waals surface area contributed by atoms with Crippen LogP contribution in [0.15, 0.2) is 48.8 Å². The first-order valence-electron chi connectivity index (χ1n) is 10.7. The molecule has 0 unspecified atom stereocenters. The predicted molar refractivity (Wildman–Crippen MR) is 125 cm³/mol. The Morgan fingerprint density at radius 3 is 2.62 bits per heavy atom. The van der Waals surface area contributed by atoms with Crippen LogP contribution in [0.4, 0.5) is 10.5 Å². The summed E-state index contributed by atoms with van der Waals surface area (Å²) in [6.45, 7) is 7.56. The summed E-state index contributed by atoms with van der Waals surface area (Å²) in [6.07, 6.45) is 1.69. The van der Waals surface area contributed by atoms with E-state index in [-0.39, 0.29) is 6.03 Å². The van der Waals surface area contributed by atoms with Gasteiger partial charge in [0.25, 0.3) is 0 Å². The number of amides is 2. The van der Waals surface area contributed by atoms with Gasteiger partial charge >= 0.3 is 6.03 Å². The number of anilines is 1. The summed E-state index contributed by atoms with van der Waals surface area (Å²) in [5, 5.41) is 8.02. The molecule has 3 aromatic rings. The van der Waals surface area contributed by atoms with Crippen molar-refractivity contribution in [2.45, 2.75) is 20.4 Å². The number of halogens is 1. The highest BCUT2D eigenvalue weighted by Crippen LogP contribution is 2.29. The summed E-state index contributed by atoms with van der Waals surface area (Å²) in [5.74, 6) is 1.47. The molecule has 0 bridgehead atoms. The fourth-order valence-electron chi connectivity index (χ4n) is 3.71. The zero-order chi connectivity index (χ0) is 22.5. The van der Waals surface area contributed by atoms with Crippen molar-refractivity contribution in [2.24, 2.45) is 0 Å². The van der Waals surface area contributed by atoms with Crippen LogP contribution in [0.3, 0.4) is 0 Å². The van der Waals surface area contributed by atoms with Gasteiger partial charge in [0, 0.05) is 49.5 Å². The topological polar surface area (TPSA) is 75.5 Å². The fourth-order valence-corrected chi connectivity index (χ4v) is 3.92. The van der Waals surface area contributed by atoms with E-state index < -0.39 is 0 Å². The summed E-state index contributed by atoms with van der Waals surface area (Å²) in [7, 11) is 0. The minimum Gasteiger partial charge on any atom is -0.492 e. The van der Waals surface area contributed by atoms with Crippen LogP contribution in [-0.4, -0.2) is 58.5 Å². The molecule has 8 nitrogen and oxygen atoms in total. The summed E-state index contributed by atoms with van der Waals surface area (Å²) in [4.78, 5) is 20.9. The monoisotopic (exact) mass is 454 g/mol. The maximum atomic E-state index is 12.6. The Kier molecular flexibility index (Phi) is 6.80. The molecular weight excluding hydrogens is 428 g/mol. The van der Waals surface area contributed by atoms with Crippen LogP contribution in [0.1, 0.15) is 18.3 Å². The Labute approximate surface area is 192 Å². The first kappa shape index (κ1) is 22.0. The van der Waals surface area contributed by atoms with Crippen LogP contribution in [-0.2, 0) is 6.54 Å². The Morgan fingerprint density at radius 2 is 1.94 bits per heavy atom. The van der Waals surface area contributed by atoms with E-state index in [1.807, 2.05) is 55.1 Å². The zero-order valence-electron chi connectivity index (χ0n) is 18.3. The largest absolute Gasteiger partial charge is 0.492 e. The quantitative estimate of drug-likeness (QED) is 0.615. The lowest BCUT2D eigenvalue weighted by molar-refractivity contribution is 0.194. The number of aromatic nitrogens is 3. The van der Waals surface area contributed by atoms with Gasteiger partial charge in [-0.1, -0.05) is 29.8 Å². The molecule has 1 fully saturated rings. The second-order valence-corrected chi connectivity index (χ2v) is 7.95. The van der Waals surface area contributed by atoms with Gasteiger partial charge in [0.2, 0.25) is 0 Å². The number of hydrogen-bond donors (Lipinski definition) is 1. The summed E-state index contributed by atoms with van der Waals surface area (Å²) < 4.78 is 7.60. The van der Waals surface area contributed by atoms with Crippen molar-refractivity contribution >= 4 is 23.3 Å². The number of nitrogens with zero attached hydrogens (tertiary/aromatic N) is 5. The van der Waals surface area contributed by atoms with Gasteiger partial charge in [-0.25, -0.2) is 14.5 Å². The first-order valence-corrected chi connectivity index (χ1v) is 11.1. The molecule has 2 amide bonds. The van der Waals surface area contributed by atoms with Gasteiger partial charge in [0.1, 0.15) is 23.6 Å². The number of carbonyl (C=O) groups excluding carboxylic acids is 1. The van der Waals surface area contributed by atoms with Crippen LogP contribution >= 0.6 is 11.6 Å². The molecule has 168 valence electrons. The van der Waals surface area contributed by atoms with E-state index in [1.165, 1.54) is 0 Å². The molecule has 1 saturated heterocycles. The lowest BCUT2D eigenvalue weighted by Crippen LogP contribution is -2.51. The van der Waals surface area contributed by atoms with Crippen molar-refractivity contribution in [3.63, 3.8) is 0 Å². The number of urea groups is 1. The Balaban J connectivity index is 1.37. The highest BCUT2D eigenvalue weighted by molar-refractivity contribution is 6.31. The van der Waals surface area contributed by atoms with E-state index in [0.29, 0.717) is 37.1 Å². The average molecular weight is 455 g/mol. The van der Waals surface area contributed by atoms with E-state index in [9.17, 15) is 4.79 Å². The number of benzene rings is 2. The Bertz CT molecular complexity index is 1080. The minimum atomic E-state index is -0.0727. The Morgan fingerprint density at radius 1 is 1.16 bits per heavy atom. The molecule has 1 aliphatic rings. The molecule has 0 aliphatic carbocycles. The number of ether oxygens (including phenoxy) is 1. The van der Waals surface area contributed by atoms with Crippen LogP contribution in [0, 0.1) is 6.92 Å². The van der Waals surface area contributed by atoms with Crippen molar-refractivity contribution in [3.8, 4) is 11.4 Å². The molecule has 0 atom stereocenters. The highest BCUT2D eigenvalue weighted by Gasteiger charge is 2.22. The SMILES string of the molecule is CCOc1cc(N2CCN(C(=O)NCc3ccccc3Cl)CC2)ccc1-n1cnc(C)n1. The highest BCUT2D eigenvalue weighted by atomic mass is 35.5. The van der Waals surface area contributed by atoms with Crippen LogP contribution in [0.2, 0.25) is 5.02 Å². The van der Waals surface area contributed by atoms with E-state index in [0.717, 1.165) is 35.8 Å². The van der Waals surface area contributed by atoms with Crippen molar-refractivity contribution in [1.29, 1.82) is 0 Å². The molecule has 9 heteroatoms. The van der Waals surface area contributed by atoms with Crippen molar-refractivity contribution < 1.29 is 9.53 Å². The number of carbonyl (C=O) groups is 1. The van der Waals surface area contributed by atoms with Crippen molar-refractivity contribution in [2.75, 3.05) is 37.7 Å². The number of rotatable bonds is 6. The van der Waals surface area contributed by atoms with Crippen LogP contribution in [0.25, 0.3) is 5.69 Å². The van der Waals surface area contributed by atoms with Gasteiger partial charge < -0.3 is 19.9 Å². The van der Waals surface area contributed by atoms with Gasteiger partial charge in [-0.15, -0.1) is 0 Å². The molecule has 0 saturated carbocycles. The molecule has 1 aliphatic heterocycles.